The van der Waals surface area contributed by atoms with Crippen LogP contribution in [0.1, 0.15) is 174 Å². The van der Waals surface area contributed by atoms with Crippen molar-refractivity contribution in [1.82, 2.24) is 0 Å². The molecule has 0 bridgehead atoms. The number of carbonyl (C=O) groups is 5. The summed E-state index contributed by atoms with van der Waals surface area (Å²) in [5.41, 5.74) is 41.7. The highest BCUT2D eigenvalue weighted by Gasteiger charge is 2.11. The molecule has 0 fully saturated rings. The Bertz CT molecular complexity index is 834. The van der Waals surface area contributed by atoms with Crippen molar-refractivity contribution >= 4 is 29.8 Å². The third kappa shape index (κ3) is 62.2. The van der Waals surface area contributed by atoms with Gasteiger partial charge in [-0.2, -0.15) is 0 Å². The van der Waals surface area contributed by atoms with E-state index in [-0.39, 0.29) is 0 Å². The van der Waals surface area contributed by atoms with Crippen molar-refractivity contribution in [2.75, 3.05) is 26.2 Å². The van der Waals surface area contributed by atoms with Gasteiger partial charge in [-0.25, -0.2) is 0 Å². The molecular weight excluding hydrogens is 752 g/mol. The number of carboxylic acids is 5. The van der Waals surface area contributed by atoms with Crippen molar-refractivity contribution in [3.8, 4) is 0 Å². The fourth-order valence-electron chi connectivity index (χ4n) is 4.82. The molecule has 0 aromatic heterocycles. The molecule has 0 aliphatic carbocycles. The predicted octanol–water partition coefficient (Wildman–Crippen LogP) is 3.66. The summed E-state index contributed by atoms with van der Waals surface area (Å²) in [5.74, 6) is -4.39. The largest absolute Gasteiger partial charge is 0.481 e. The Hall–Kier alpha value is -2.97. The highest BCUT2D eigenvalue weighted by molar-refractivity contribution is 5.74. The minimum absolute atomic E-state index is 0.345. The van der Waals surface area contributed by atoms with E-state index in [2.05, 4.69) is 6.92 Å². The zero-order chi connectivity index (χ0) is 45.4. The maximum atomic E-state index is 10.3. The Kier molecular flexibility index (Phi) is 57.6. The lowest BCUT2D eigenvalue weighted by molar-refractivity contribution is -0.139. The molecule has 0 saturated heterocycles. The summed E-state index contributed by atoms with van der Waals surface area (Å²) in [6.07, 6.45) is 25.9. The van der Waals surface area contributed by atoms with Gasteiger partial charge in [0, 0.05) is 6.42 Å². The Balaban J connectivity index is -0.000000208. The van der Waals surface area contributed by atoms with Gasteiger partial charge >= 0.3 is 29.8 Å². The van der Waals surface area contributed by atoms with Gasteiger partial charge < -0.3 is 71.4 Å². The molecule has 0 heterocycles. The van der Waals surface area contributed by atoms with Crippen LogP contribution < -0.4 is 45.9 Å². The zero-order valence-corrected chi connectivity index (χ0v) is 35.9. The first-order chi connectivity index (χ1) is 27.5. The molecule has 58 heavy (non-hydrogen) atoms. The minimum atomic E-state index is -0.933. The van der Waals surface area contributed by atoms with E-state index < -0.39 is 54.0 Å². The van der Waals surface area contributed by atoms with Gasteiger partial charge in [-0.1, -0.05) is 110 Å². The van der Waals surface area contributed by atoms with Crippen LogP contribution in [0.5, 0.6) is 0 Å². The molecule has 18 heteroatoms. The van der Waals surface area contributed by atoms with E-state index in [0.717, 1.165) is 64.2 Å². The van der Waals surface area contributed by atoms with Crippen LogP contribution in [0.15, 0.2) is 0 Å². The van der Waals surface area contributed by atoms with Crippen molar-refractivity contribution in [2.24, 2.45) is 45.9 Å². The van der Waals surface area contributed by atoms with Gasteiger partial charge in [0.2, 0.25) is 0 Å². The quantitative estimate of drug-likeness (QED) is 0.0411. The molecule has 18 nitrogen and oxygen atoms in total. The van der Waals surface area contributed by atoms with E-state index in [1.165, 1.54) is 70.6 Å². The molecule has 348 valence electrons. The van der Waals surface area contributed by atoms with E-state index in [1.807, 2.05) is 0 Å². The Labute approximate surface area is 348 Å². The van der Waals surface area contributed by atoms with Gasteiger partial charge in [0.1, 0.15) is 24.2 Å². The van der Waals surface area contributed by atoms with E-state index in [4.69, 9.17) is 71.4 Å². The highest BCUT2D eigenvalue weighted by Crippen LogP contribution is 2.13. The van der Waals surface area contributed by atoms with Gasteiger partial charge in [0.05, 0.1) is 0 Å². The zero-order valence-electron chi connectivity index (χ0n) is 35.9. The average Bonchev–Trinajstić information content (AvgIpc) is 3.17. The number of aliphatic carboxylic acids is 5. The van der Waals surface area contributed by atoms with Gasteiger partial charge in [0.25, 0.3) is 0 Å². The van der Waals surface area contributed by atoms with Crippen molar-refractivity contribution in [1.29, 1.82) is 0 Å². The fraction of sp³-hybridized carbons (Fsp3) is 0.875. The fourth-order valence-corrected chi connectivity index (χ4v) is 4.82. The van der Waals surface area contributed by atoms with Crippen molar-refractivity contribution in [2.45, 2.75) is 198 Å². The molecule has 4 unspecified atom stereocenters. The van der Waals surface area contributed by atoms with Crippen LogP contribution in [0.3, 0.4) is 0 Å². The number of hydrogen-bond acceptors (Lipinski definition) is 13. The van der Waals surface area contributed by atoms with Gasteiger partial charge in [-0.15, -0.1) is 0 Å². The summed E-state index contributed by atoms with van der Waals surface area (Å²) >= 11 is 0. The molecule has 0 aromatic rings. The third-order valence-electron chi connectivity index (χ3n) is 8.64. The first kappa shape index (κ1) is 64.2. The van der Waals surface area contributed by atoms with Crippen molar-refractivity contribution < 1.29 is 49.5 Å². The molecule has 0 aliphatic rings. The highest BCUT2D eigenvalue weighted by atomic mass is 16.4. The van der Waals surface area contributed by atoms with Crippen molar-refractivity contribution in [3.05, 3.63) is 0 Å². The number of nitrogens with two attached hydrogens (primary N) is 8. The molecule has 0 spiro atoms. The first-order valence-electron chi connectivity index (χ1n) is 21.5. The topological polar surface area (TPSA) is 395 Å². The lowest BCUT2D eigenvalue weighted by atomic mass is 10.0. The normalized spacial score (nSPS) is 12.3. The van der Waals surface area contributed by atoms with Crippen LogP contribution in [-0.2, 0) is 24.0 Å². The Morgan fingerprint density at radius 1 is 0.345 bits per heavy atom. The monoisotopic (exact) mass is 841 g/mol. The van der Waals surface area contributed by atoms with Gasteiger partial charge in [-0.3, -0.25) is 24.0 Å². The molecule has 0 aliphatic heterocycles. The summed E-state index contributed by atoms with van der Waals surface area (Å²) in [6, 6.07) is -2.86. The summed E-state index contributed by atoms with van der Waals surface area (Å²) in [7, 11) is 0. The maximum Gasteiger partial charge on any atom is 0.320 e. The maximum absolute atomic E-state index is 10.3. The van der Waals surface area contributed by atoms with E-state index in [9.17, 15) is 24.0 Å². The standard InChI is InChI=1S/C16H32O2.4C6H14N2O2/c1-2-3-4-5-6-7-8-9-10-11-12-13-14-15-16(17)18;4*7-4-2-1-3-5(8)6(9)10/h2-15H2,1H3,(H,17,18);4*5H,1-4,7-8H2,(H,9,10). The van der Waals surface area contributed by atoms with Crippen molar-refractivity contribution in [3.63, 3.8) is 0 Å². The second-order valence-electron chi connectivity index (χ2n) is 14.3. The molecule has 4 atom stereocenters. The molecular formula is C40H88N8O10. The smallest absolute Gasteiger partial charge is 0.320 e. The second kappa shape index (κ2) is 52.0. The van der Waals surface area contributed by atoms with Crippen LogP contribution in [0.2, 0.25) is 0 Å². The molecule has 0 saturated carbocycles. The van der Waals surface area contributed by atoms with E-state index in [0.29, 0.717) is 58.3 Å². The summed E-state index contributed by atoms with van der Waals surface area (Å²) in [5, 5.41) is 41.8. The molecule has 0 amide bonds. The first-order valence-corrected chi connectivity index (χ1v) is 21.5. The number of hydrogen-bond donors (Lipinski definition) is 13. The minimum Gasteiger partial charge on any atom is -0.481 e. The second-order valence-corrected chi connectivity index (χ2v) is 14.3. The summed E-state index contributed by atoms with van der Waals surface area (Å²) in [4.78, 5) is 50.8. The van der Waals surface area contributed by atoms with Crippen LogP contribution >= 0.6 is 0 Å². The number of carboxylic acid groups (broad SMARTS) is 5. The lowest BCUT2D eigenvalue weighted by Crippen LogP contribution is -2.29. The average molecular weight is 841 g/mol. The number of unbranched alkanes of at least 4 members (excludes halogenated alkanes) is 16. The van der Waals surface area contributed by atoms with Gasteiger partial charge in [0.15, 0.2) is 0 Å². The lowest BCUT2D eigenvalue weighted by Gasteiger charge is -2.03. The Morgan fingerprint density at radius 2 is 0.552 bits per heavy atom. The van der Waals surface area contributed by atoms with Crippen LogP contribution in [-0.4, -0.2) is 106 Å². The molecule has 0 radical (unpaired) electrons. The van der Waals surface area contributed by atoms with E-state index in [1.54, 1.807) is 0 Å². The van der Waals surface area contributed by atoms with Gasteiger partial charge in [-0.05, 0) is 84.0 Å². The SMILES string of the molecule is CCCCCCCCCCCCCCCC(=O)O.NCCCCC(N)C(=O)O.NCCCCC(N)C(=O)O.NCCCCC(N)C(=O)O.NCCCCC(N)C(=O)O. The van der Waals surface area contributed by atoms with E-state index >= 15 is 0 Å². The summed E-state index contributed by atoms with van der Waals surface area (Å²) < 4.78 is 0. The predicted molar refractivity (Wildman–Crippen MR) is 232 cm³/mol. The van der Waals surface area contributed by atoms with Crippen LogP contribution in [0.4, 0.5) is 0 Å². The molecule has 0 rings (SSSR count). The molecule has 0 aromatic carbocycles. The summed E-state index contributed by atoms with van der Waals surface area (Å²) in [6.45, 7) is 4.67. The third-order valence-corrected chi connectivity index (χ3v) is 8.64. The van der Waals surface area contributed by atoms with Crippen LogP contribution in [0, 0.1) is 0 Å². The molecule has 21 N–H and O–H groups in total. The van der Waals surface area contributed by atoms with Crippen LogP contribution in [0.25, 0.3) is 0 Å². The Morgan fingerprint density at radius 3 is 0.724 bits per heavy atom. The number of rotatable bonds is 34.